The molecule has 0 aliphatic heterocycles. The largest absolute Gasteiger partial charge is 0.354 e. The van der Waals surface area contributed by atoms with Crippen LogP contribution in [0, 0.1) is 13.8 Å². The fourth-order valence-corrected chi connectivity index (χ4v) is 3.05. The van der Waals surface area contributed by atoms with E-state index in [2.05, 4.69) is 34.2 Å². The fraction of sp³-hybridized carbons (Fsp3) is 0.667. The van der Waals surface area contributed by atoms with Crippen LogP contribution in [-0.2, 0) is 11.2 Å². The number of aryl methyl sites for hydroxylation is 2. The van der Waals surface area contributed by atoms with Crippen molar-refractivity contribution < 1.29 is 4.79 Å². The standard InChI is InChI=1S/C18H29N5O/c1-5-6-7-8-9-13(2)21-17(24)11-10-16-14(3)22-18-19-12-20-23(18)15(16)4/h12-13H,5-11H2,1-4H3,(H,21,24). The van der Waals surface area contributed by atoms with Crippen LogP contribution in [0.15, 0.2) is 6.33 Å². The van der Waals surface area contributed by atoms with Gasteiger partial charge in [0.2, 0.25) is 5.91 Å². The van der Waals surface area contributed by atoms with Crippen LogP contribution in [0.1, 0.15) is 69.3 Å². The molecule has 1 unspecified atom stereocenters. The molecule has 1 atom stereocenters. The first-order valence-corrected chi connectivity index (χ1v) is 8.98. The lowest BCUT2D eigenvalue weighted by Crippen LogP contribution is -2.32. The topological polar surface area (TPSA) is 72.2 Å². The molecule has 6 heteroatoms. The number of nitrogens with one attached hydrogen (secondary N) is 1. The molecule has 2 aromatic heterocycles. The van der Waals surface area contributed by atoms with Gasteiger partial charge in [-0.05, 0) is 39.2 Å². The summed E-state index contributed by atoms with van der Waals surface area (Å²) in [5.74, 6) is 0.717. The Morgan fingerprint density at radius 3 is 2.83 bits per heavy atom. The van der Waals surface area contributed by atoms with E-state index in [-0.39, 0.29) is 11.9 Å². The molecule has 2 rings (SSSR count). The van der Waals surface area contributed by atoms with Crippen molar-refractivity contribution >= 4 is 11.7 Å². The van der Waals surface area contributed by atoms with E-state index >= 15 is 0 Å². The number of nitrogens with zero attached hydrogens (tertiary/aromatic N) is 4. The van der Waals surface area contributed by atoms with Crippen molar-refractivity contribution in [3.8, 4) is 0 Å². The molecule has 2 heterocycles. The summed E-state index contributed by atoms with van der Waals surface area (Å²) in [5, 5.41) is 7.29. The Kier molecular flexibility index (Phi) is 6.70. The summed E-state index contributed by atoms with van der Waals surface area (Å²) in [4.78, 5) is 20.8. The maximum Gasteiger partial charge on any atom is 0.252 e. The zero-order valence-electron chi connectivity index (χ0n) is 15.3. The summed E-state index contributed by atoms with van der Waals surface area (Å²) >= 11 is 0. The molecule has 0 aliphatic carbocycles. The number of rotatable bonds is 9. The maximum absolute atomic E-state index is 12.2. The molecule has 0 spiro atoms. The minimum absolute atomic E-state index is 0.107. The smallest absolute Gasteiger partial charge is 0.252 e. The van der Waals surface area contributed by atoms with Crippen LogP contribution in [0.25, 0.3) is 5.78 Å². The van der Waals surface area contributed by atoms with E-state index in [0.29, 0.717) is 18.6 Å². The van der Waals surface area contributed by atoms with Gasteiger partial charge in [0.25, 0.3) is 5.78 Å². The summed E-state index contributed by atoms with van der Waals surface area (Å²) in [5.41, 5.74) is 3.02. The normalized spacial score (nSPS) is 12.5. The molecule has 0 radical (unpaired) electrons. The SMILES string of the molecule is CCCCCCC(C)NC(=O)CCc1c(C)nc2ncnn2c1C. The van der Waals surface area contributed by atoms with Gasteiger partial charge in [0.05, 0.1) is 0 Å². The van der Waals surface area contributed by atoms with Gasteiger partial charge in [-0.25, -0.2) is 9.50 Å². The molecule has 0 fully saturated rings. The van der Waals surface area contributed by atoms with Gasteiger partial charge in [0.1, 0.15) is 6.33 Å². The number of carbonyl (C=O) groups is 1. The molecule has 0 saturated carbocycles. The molecule has 2 aromatic rings. The predicted octanol–water partition coefficient (Wildman–Crippen LogP) is 3.15. The van der Waals surface area contributed by atoms with Crippen molar-refractivity contribution in [1.82, 2.24) is 24.9 Å². The van der Waals surface area contributed by atoms with E-state index in [0.717, 1.165) is 23.4 Å². The van der Waals surface area contributed by atoms with E-state index in [4.69, 9.17) is 0 Å². The number of unbranched alkanes of at least 4 members (excludes halogenated alkanes) is 3. The first kappa shape index (κ1) is 18.4. The Hall–Kier alpha value is -1.98. The van der Waals surface area contributed by atoms with E-state index in [9.17, 15) is 4.79 Å². The van der Waals surface area contributed by atoms with Gasteiger partial charge in [-0.1, -0.05) is 32.6 Å². The lowest BCUT2D eigenvalue weighted by atomic mass is 10.1. The molecule has 132 valence electrons. The zero-order chi connectivity index (χ0) is 17.5. The Morgan fingerprint density at radius 2 is 2.08 bits per heavy atom. The highest BCUT2D eigenvalue weighted by atomic mass is 16.1. The number of fused-ring (bicyclic) bond motifs is 1. The van der Waals surface area contributed by atoms with E-state index in [1.165, 1.54) is 32.0 Å². The van der Waals surface area contributed by atoms with Crippen LogP contribution >= 0.6 is 0 Å². The number of aromatic nitrogens is 4. The molecule has 1 N–H and O–H groups in total. The minimum atomic E-state index is 0.107. The Labute approximate surface area is 144 Å². The average molecular weight is 331 g/mol. The summed E-state index contributed by atoms with van der Waals surface area (Å²) in [6.07, 6.45) is 8.65. The van der Waals surface area contributed by atoms with Gasteiger partial charge in [0, 0.05) is 23.9 Å². The number of amides is 1. The second-order valence-corrected chi connectivity index (χ2v) is 6.55. The van der Waals surface area contributed by atoms with Crippen LogP contribution in [0.2, 0.25) is 0 Å². The highest BCUT2D eigenvalue weighted by Crippen LogP contribution is 2.15. The Balaban J connectivity index is 1.85. The van der Waals surface area contributed by atoms with Crippen LogP contribution in [0.5, 0.6) is 0 Å². The van der Waals surface area contributed by atoms with E-state index in [1.54, 1.807) is 4.52 Å². The van der Waals surface area contributed by atoms with Gasteiger partial charge in [0.15, 0.2) is 0 Å². The fourth-order valence-electron chi connectivity index (χ4n) is 3.05. The zero-order valence-corrected chi connectivity index (χ0v) is 15.3. The minimum Gasteiger partial charge on any atom is -0.354 e. The van der Waals surface area contributed by atoms with Crippen molar-refractivity contribution in [3.05, 3.63) is 23.3 Å². The van der Waals surface area contributed by atoms with Crippen molar-refractivity contribution in [2.45, 2.75) is 78.7 Å². The van der Waals surface area contributed by atoms with Crippen LogP contribution in [0.4, 0.5) is 0 Å². The lowest BCUT2D eigenvalue weighted by Gasteiger charge is -2.15. The van der Waals surface area contributed by atoms with Crippen molar-refractivity contribution in [1.29, 1.82) is 0 Å². The lowest BCUT2D eigenvalue weighted by molar-refractivity contribution is -0.121. The third-order valence-corrected chi connectivity index (χ3v) is 4.49. The van der Waals surface area contributed by atoms with Crippen LogP contribution in [-0.4, -0.2) is 31.5 Å². The molecule has 24 heavy (non-hydrogen) atoms. The number of hydrogen-bond donors (Lipinski definition) is 1. The van der Waals surface area contributed by atoms with E-state index < -0.39 is 0 Å². The van der Waals surface area contributed by atoms with Gasteiger partial charge < -0.3 is 5.32 Å². The average Bonchev–Trinajstić information content (AvgIpc) is 2.99. The molecule has 0 bridgehead atoms. The van der Waals surface area contributed by atoms with Crippen molar-refractivity contribution in [3.63, 3.8) is 0 Å². The number of carbonyl (C=O) groups excluding carboxylic acids is 1. The first-order chi connectivity index (χ1) is 11.5. The highest BCUT2D eigenvalue weighted by Gasteiger charge is 2.13. The molecule has 1 amide bonds. The summed E-state index contributed by atoms with van der Waals surface area (Å²) in [6, 6.07) is 0.243. The summed E-state index contributed by atoms with van der Waals surface area (Å²) in [6.45, 7) is 8.26. The molecular formula is C18H29N5O. The van der Waals surface area contributed by atoms with Crippen molar-refractivity contribution in [2.24, 2.45) is 0 Å². The first-order valence-electron chi connectivity index (χ1n) is 8.98. The highest BCUT2D eigenvalue weighted by molar-refractivity contribution is 5.76. The Bertz CT molecular complexity index is 679. The second-order valence-electron chi connectivity index (χ2n) is 6.55. The third kappa shape index (κ3) is 4.76. The predicted molar refractivity (Wildman–Crippen MR) is 94.9 cm³/mol. The molecule has 6 nitrogen and oxygen atoms in total. The van der Waals surface area contributed by atoms with Crippen molar-refractivity contribution in [2.75, 3.05) is 0 Å². The molecular weight excluding hydrogens is 302 g/mol. The van der Waals surface area contributed by atoms with Gasteiger partial charge in [-0.2, -0.15) is 10.1 Å². The monoisotopic (exact) mass is 331 g/mol. The summed E-state index contributed by atoms with van der Waals surface area (Å²) in [7, 11) is 0. The van der Waals surface area contributed by atoms with Gasteiger partial charge >= 0.3 is 0 Å². The number of hydrogen-bond acceptors (Lipinski definition) is 4. The second kappa shape index (κ2) is 8.76. The third-order valence-electron chi connectivity index (χ3n) is 4.49. The van der Waals surface area contributed by atoms with Gasteiger partial charge in [-0.3, -0.25) is 4.79 Å². The van der Waals surface area contributed by atoms with E-state index in [1.807, 2.05) is 13.8 Å². The Morgan fingerprint density at radius 1 is 1.29 bits per heavy atom. The molecule has 0 aromatic carbocycles. The summed E-state index contributed by atoms with van der Waals surface area (Å²) < 4.78 is 1.73. The quantitative estimate of drug-likeness (QED) is 0.717. The van der Waals surface area contributed by atoms with Crippen LogP contribution < -0.4 is 5.32 Å². The van der Waals surface area contributed by atoms with Gasteiger partial charge in [-0.15, -0.1) is 0 Å². The molecule has 0 saturated heterocycles. The molecule has 0 aliphatic rings. The van der Waals surface area contributed by atoms with Crippen LogP contribution in [0.3, 0.4) is 0 Å². The maximum atomic E-state index is 12.2.